The Balaban J connectivity index is 0.846. The van der Waals surface area contributed by atoms with Gasteiger partial charge < -0.3 is 109 Å². The van der Waals surface area contributed by atoms with Gasteiger partial charge in [0.1, 0.15) is 85.5 Å². The number of aliphatic hydroxyl groups is 13. The molecule has 0 amide bonds. The van der Waals surface area contributed by atoms with Crippen LogP contribution in [-0.2, 0) is 42.6 Å². The van der Waals surface area contributed by atoms with Crippen molar-refractivity contribution < 1.29 is 109 Å². The maximum absolute atomic E-state index is 12.1. The van der Waals surface area contributed by atoms with Crippen molar-refractivity contribution in [2.24, 2.45) is 46.3 Å². The lowest BCUT2D eigenvalue weighted by Gasteiger charge is -2.58. The predicted molar refractivity (Wildman–Crippen MR) is 249 cm³/mol. The summed E-state index contributed by atoms with van der Waals surface area (Å²) < 4.78 is 54.6. The minimum Gasteiger partial charge on any atom is -0.394 e. The first kappa shape index (κ1) is 56.6. The molecule has 0 spiro atoms. The summed E-state index contributed by atoms with van der Waals surface area (Å²) in [6, 6.07) is 0. The van der Waals surface area contributed by atoms with E-state index in [1.165, 1.54) is 19.4 Å². The lowest BCUT2D eigenvalue weighted by atomic mass is 9.47. The molecule has 9 rings (SSSR count). The van der Waals surface area contributed by atoms with Crippen molar-refractivity contribution in [1.82, 2.24) is 0 Å². The van der Waals surface area contributed by atoms with E-state index in [0.717, 1.165) is 32.1 Å². The summed E-state index contributed by atoms with van der Waals surface area (Å²) >= 11 is 0. The van der Waals surface area contributed by atoms with E-state index in [1.807, 2.05) is 6.92 Å². The topological polar surface area (TPSA) is 346 Å². The Bertz CT molecular complexity index is 1900. The highest BCUT2D eigenvalue weighted by Gasteiger charge is 2.68. The van der Waals surface area contributed by atoms with Gasteiger partial charge in [-0.05, 0) is 106 Å². The summed E-state index contributed by atoms with van der Waals surface area (Å²) in [5, 5.41) is 139. The van der Waals surface area contributed by atoms with Crippen LogP contribution in [-0.4, -0.2) is 227 Å². The van der Waals surface area contributed by atoms with Crippen LogP contribution in [0.5, 0.6) is 0 Å². The number of allylic oxidation sites excluding steroid dienone is 1. The van der Waals surface area contributed by atoms with Crippen molar-refractivity contribution >= 4 is 0 Å². The maximum Gasteiger partial charge on any atom is 0.187 e. The number of hydrogen-bond acceptors (Lipinski definition) is 22. The standard InChI is InChI=1S/C51H84O22/c1-20(19-65-45-39(60)38(59)35(56)30(17-52)69-45)9-14-51(64)21(2)32-29(73-51)16-28-26-8-7-24-15-25(10-12-49(24,5)27(26)11-13-50(28,32)6)68-48-44(72-47-41(62)37(58)34(55)23(4)67-47)42(63)43(31(18-53)70-48)71-46-40(61)36(57)33(54)22(3)66-46/h7,20-23,25-48,52-64H,8-19H2,1-6H3/t20-,21+,22+,23+,25+,26-,27+,28-,29+,30-,31-,32+,33+,34+,35-,36-,37-,38+,39-,40-,41-,42+,43-,44-,45-,46+,47+,48-,49+,50+,51-/m1/s1. The van der Waals surface area contributed by atoms with Gasteiger partial charge in [-0.2, -0.15) is 0 Å². The summed E-state index contributed by atoms with van der Waals surface area (Å²) in [7, 11) is 0. The van der Waals surface area contributed by atoms with E-state index in [0.29, 0.717) is 43.4 Å². The predicted octanol–water partition coefficient (Wildman–Crippen LogP) is -1.98. The second kappa shape index (κ2) is 21.8. The third-order valence-electron chi connectivity index (χ3n) is 19.5. The molecule has 0 aromatic rings. The molecule has 73 heavy (non-hydrogen) atoms. The van der Waals surface area contributed by atoms with E-state index >= 15 is 0 Å². The zero-order valence-corrected chi connectivity index (χ0v) is 42.7. The quantitative estimate of drug-likeness (QED) is 0.0839. The fraction of sp³-hybridized carbons (Fsp3) is 0.961. The number of fused-ring (bicyclic) bond motifs is 7. The first-order chi connectivity index (χ1) is 34.5. The van der Waals surface area contributed by atoms with E-state index in [1.54, 1.807) is 0 Å². The molecule has 8 fully saturated rings. The van der Waals surface area contributed by atoms with E-state index in [2.05, 4.69) is 26.8 Å². The van der Waals surface area contributed by atoms with Crippen molar-refractivity contribution in [2.45, 2.75) is 240 Å². The molecular formula is C51H84O22. The molecule has 3 saturated carbocycles. The summed E-state index contributed by atoms with van der Waals surface area (Å²) in [5.41, 5.74) is 1.07. The number of aliphatic hydroxyl groups excluding tert-OH is 12. The highest BCUT2D eigenvalue weighted by atomic mass is 16.8. The Morgan fingerprint density at radius 3 is 1.86 bits per heavy atom. The lowest BCUT2D eigenvalue weighted by molar-refractivity contribution is -0.388. The SMILES string of the molecule is C[C@H](CC[C@@]1(O)O[C@H]2C[C@@H]3[C@@H]4CC=C5C[C@@H](O[C@@H]6O[C@H](CO)[C@@H](O[C@@H]7O[C@@H](C)[C@H](O)[C@@H](O)[C@H]7O)[C@H](O)[C@H]6O[C@@H]6O[C@@H](C)[C@H](O)[C@@H](O)[C@H]6O)CC[C@]5(C)[C@H]4CC[C@]3(C)[C@H]2[C@@H]1C)CO[C@@H]1O[C@H](CO)[C@@H](O)[C@H](O)[C@H]1O. The van der Waals surface area contributed by atoms with Crippen LogP contribution in [0.2, 0.25) is 0 Å². The first-order valence-electron chi connectivity index (χ1n) is 26.8. The molecule has 0 aromatic carbocycles. The molecule has 0 radical (unpaired) electrons. The van der Waals surface area contributed by atoms with Gasteiger partial charge in [-0.1, -0.05) is 39.3 Å². The van der Waals surface area contributed by atoms with E-state index < -0.39 is 148 Å². The van der Waals surface area contributed by atoms with Crippen LogP contribution >= 0.6 is 0 Å². The van der Waals surface area contributed by atoms with Crippen LogP contribution in [0.3, 0.4) is 0 Å². The van der Waals surface area contributed by atoms with E-state index in [4.69, 9.17) is 42.6 Å². The van der Waals surface area contributed by atoms with Gasteiger partial charge in [-0.3, -0.25) is 0 Å². The molecule has 9 aliphatic rings. The Morgan fingerprint density at radius 1 is 0.644 bits per heavy atom. The fourth-order valence-electron chi connectivity index (χ4n) is 14.9. The van der Waals surface area contributed by atoms with Gasteiger partial charge in [0.05, 0.1) is 44.2 Å². The van der Waals surface area contributed by atoms with E-state index in [9.17, 15) is 66.4 Å². The van der Waals surface area contributed by atoms with Crippen molar-refractivity contribution in [1.29, 1.82) is 0 Å². The molecule has 31 atom stereocenters. The van der Waals surface area contributed by atoms with Crippen LogP contribution in [0.1, 0.15) is 99.3 Å². The molecule has 0 bridgehead atoms. The largest absolute Gasteiger partial charge is 0.394 e. The van der Waals surface area contributed by atoms with Crippen molar-refractivity contribution in [3.05, 3.63) is 11.6 Å². The van der Waals surface area contributed by atoms with Crippen LogP contribution < -0.4 is 0 Å². The van der Waals surface area contributed by atoms with Gasteiger partial charge in [-0.25, -0.2) is 0 Å². The minimum absolute atomic E-state index is 0.0589. The van der Waals surface area contributed by atoms with Gasteiger partial charge in [0.15, 0.2) is 30.9 Å². The van der Waals surface area contributed by atoms with Gasteiger partial charge in [-0.15, -0.1) is 0 Å². The summed E-state index contributed by atoms with van der Waals surface area (Å²) in [6.07, 6.45) is -20.5. The second-order valence-corrected chi connectivity index (χ2v) is 23.8. The summed E-state index contributed by atoms with van der Waals surface area (Å²) in [4.78, 5) is 0. The molecule has 5 heterocycles. The molecule has 4 aliphatic carbocycles. The molecule has 0 unspecified atom stereocenters. The molecule has 22 nitrogen and oxygen atoms in total. The van der Waals surface area contributed by atoms with E-state index in [-0.39, 0.29) is 41.3 Å². The van der Waals surface area contributed by atoms with Crippen LogP contribution in [0.15, 0.2) is 11.6 Å². The molecule has 22 heteroatoms. The van der Waals surface area contributed by atoms with Gasteiger partial charge in [0, 0.05) is 12.3 Å². The Kier molecular flexibility index (Phi) is 16.9. The van der Waals surface area contributed by atoms with Crippen LogP contribution in [0, 0.1) is 46.3 Å². The Hall–Kier alpha value is -1.14. The fourth-order valence-corrected chi connectivity index (χ4v) is 14.9. The lowest BCUT2D eigenvalue weighted by Crippen LogP contribution is -2.66. The second-order valence-electron chi connectivity index (χ2n) is 23.8. The zero-order chi connectivity index (χ0) is 52.8. The Morgan fingerprint density at radius 2 is 1.23 bits per heavy atom. The van der Waals surface area contributed by atoms with Gasteiger partial charge in [0.25, 0.3) is 0 Å². The third-order valence-corrected chi connectivity index (χ3v) is 19.5. The highest BCUT2D eigenvalue weighted by molar-refractivity contribution is 5.26. The molecule has 420 valence electrons. The third kappa shape index (κ3) is 10.2. The maximum atomic E-state index is 12.1. The van der Waals surface area contributed by atoms with Crippen molar-refractivity contribution in [2.75, 3.05) is 19.8 Å². The average molecular weight is 1050 g/mol. The zero-order valence-electron chi connectivity index (χ0n) is 42.7. The molecular weight excluding hydrogens is 965 g/mol. The molecule has 5 aliphatic heterocycles. The number of hydrogen-bond donors (Lipinski definition) is 13. The van der Waals surface area contributed by atoms with Crippen LogP contribution in [0.4, 0.5) is 0 Å². The Labute approximate surface area is 426 Å². The first-order valence-corrected chi connectivity index (χ1v) is 26.8. The number of rotatable bonds is 14. The summed E-state index contributed by atoms with van der Waals surface area (Å²) in [5.74, 6) is -0.232. The highest BCUT2D eigenvalue weighted by Crippen LogP contribution is 2.70. The van der Waals surface area contributed by atoms with Crippen LogP contribution in [0.25, 0.3) is 0 Å². The van der Waals surface area contributed by atoms with Gasteiger partial charge in [0.2, 0.25) is 0 Å². The molecule has 5 saturated heterocycles. The smallest absolute Gasteiger partial charge is 0.187 e. The minimum atomic E-state index is -1.75. The van der Waals surface area contributed by atoms with Crippen molar-refractivity contribution in [3.63, 3.8) is 0 Å². The van der Waals surface area contributed by atoms with Crippen molar-refractivity contribution in [3.8, 4) is 0 Å². The number of ether oxygens (including phenoxy) is 9. The summed E-state index contributed by atoms with van der Waals surface area (Å²) in [6.45, 7) is 10.7. The normalized spacial score (nSPS) is 55.5. The average Bonchev–Trinajstić information content (AvgIpc) is 3.80. The molecule has 13 N–H and O–H groups in total. The molecule has 0 aromatic heterocycles. The monoisotopic (exact) mass is 1050 g/mol. The van der Waals surface area contributed by atoms with Gasteiger partial charge >= 0.3 is 0 Å².